The van der Waals surface area contributed by atoms with Crippen molar-refractivity contribution in [2.24, 2.45) is 0 Å². The molecule has 0 amide bonds. The molecular weight excluding hydrogens is 544 g/mol. The Morgan fingerprint density at radius 1 is 0.386 bits per heavy atom. The van der Waals surface area contributed by atoms with Crippen molar-refractivity contribution in [3.63, 3.8) is 0 Å². The number of carbonyl (C=O) groups is 2. The Balaban J connectivity index is 1.54. The molecular formula is C40H62O4. The average Bonchev–Trinajstić information content (AvgIpc) is 3.03. The maximum absolute atomic E-state index is 12.3. The predicted molar refractivity (Wildman–Crippen MR) is 185 cm³/mol. The molecule has 0 saturated carbocycles. The Kier molecular flexibility index (Phi) is 21.9. The Hall–Kier alpha value is -2.62. The molecule has 0 aromatic heterocycles. The average molecular weight is 607 g/mol. The van der Waals surface area contributed by atoms with E-state index in [0.29, 0.717) is 24.3 Å². The number of ether oxygens (including phenoxy) is 2. The summed E-state index contributed by atoms with van der Waals surface area (Å²) in [5.41, 5.74) is 2.04. The second-order valence-corrected chi connectivity index (χ2v) is 12.6. The topological polar surface area (TPSA) is 52.6 Å². The van der Waals surface area contributed by atoms with E-state index >= 15 is 0 Å². The van der Waals surface area contributed by atoms with Gasteiger partial charge in [-0.15, -0.1) is 0 Å². The summed E-state index contributed by atoms with van der Waals surface area (Å²) in [6, 6.07) is 15.2. The third-order valence-corrected chi connectivity index (χ3v) is 8.47. The second-order valence-electron chi connectivity index (χ2n) is 12.6. The van der Waals surface area contributed by atoms with E-state index in [1.165, 1.54) is 116 Å². The van der Waals surface area contributed by atoms with E-state index in [1.54, 1.807) is 0 Å². The summed E-state index contributed by atoms with van der Waals surface area (Å²) in [4.78, 5) is 24.5. The second kappa shape index (κ2) is 25.7. The van der Waals surface area contributed by atoms with Gasteiger partial charge in [0, 0.05) is 12.8 Å². The van der Waals surface area contributed by atoms with Crippen LogP contribution in [0.1, 0.15) is 168 Å². The van der Waals surface area contributed by atoms with Gasteiger partial charge in [0.2, 0.25) is 0 Å². The number of hydrogen-bond donors (Lipinski definition) is 0. The fraction of sp³-hybridized carbons (Fsp3) is 0.650. The number of carbonyl (C=O) groups excluding carboxylic acids is 2. The first-order valence-electron chi connectivity index (χ1n) is 18.2. The summed E-state index contributed by atoms with van der Waals surface area (Å²) in [5, 5.41) is 0. The Morgan fingerprint density at radius 3 is 0.909 bits per heavy atom. The van der Waals surface area contributed by atoms with Crippen molar-refractivity contribution >= 4 is 11.9 Å². The molecule has 0 heterocycles. The SMILES string of the molecule is CCCCCCCCCCCCCC(=O)Oc1ccc(-c2ccc(OC(=O)CCCCCCCCCCCCC)cc2)cc1. The summed E-state index contributed by atoms with van der Waals surface area (Å²) in [6.07, 6.45) is 28.8. The van der Waals surface area contributed by atoms with E-state index in [0.717, 1.165) is 36.8 Å². The van der Waals surface area contributed by atoms with Crippen molar-refractivity contribution in [3.8, 4) is 22.6 Å². The van der Waals surface area contributed by atoms with Crippen molar-refractivity contribution in [3.05, 3.63) is 48.5 Å². The number of esters is 2. The van der Waals surface area contributed by atoms with Gasteiger partial charge >= 0.3 is 11.9 Å². The summed E-state index contributed by atoms with van der Waals surface area (Å²) in [6.45, 7) is 4.52. The fourth-order valence-electron chi connectivity index (χ4n) is 5.66. The van der Waals surface area contributed by atoms with Gasteiger partial charge in [0.1, 0.15) is 11.5 Å². The van der Waals surface area contributed by atoms with Gasteiger partial charge in [0.05, 0.1) is 0 Å². The highest BCUT2D eigenvalue weighted by molar-refractivity contribution is 5.74. The number of hydrogen-bond acceptors (Lipinski definition) is 4. The summed E-state index contributed by atoms with van der Waals surface area (Å²) in [7, 11) is 0. The molecule has 44 heavy (non-hydrogen) atoms. The highest BCUT2D eigenvalue weighted by Gasteiger charge is 2.08. The Labute approximate surface area is 269 Å². The maximum Gasteiger partial charge on any atom is 0.311 e. The molecule has 0 unspecified atom stereocenters. The molecule has 0 N–H and O–H groups in total. The molecule has 0 aliphatic carbocycles. The smallest absolute Gasteiger partial charge is 0.311 e. The lowest BCUT2D eigenvalue weighted by molar-refractivity contribution is -0.135. The van der Waals surface area contributed by atoms with Gasteiger partial charge < -0.3 is 9.47 Å². The molecule has 2 aromatic rings. The molecule has 4 nitrogen and oxygen atoms in total. The standard InChI is InChI=1S/C40H62O4/c1-3-5-7-9-11-13-15-17-19-21-23-25-39(41)43-37-31-27-35(28-32-37)36-29-33-38(34-30-36)44-40(42)26-24-22-20-18-16-14-12-10-8-6-4-2/h27-34H,3-26H2,1-2H3. The molecule has 4 heteroatoms. The number of rotatable bonds is 27. The molecule has 0 fully saturated rings. The first kappa shape index (κ1) is 37.6. The quantitative estimate of drug-likeness (QED) is 0.0576. The van der Waals surface area contributed by atoms with Crippen LogP contribution in [0.5, 0.6) is 11.5 Å². The molecule has 2 aromatic carbocycles. The van der Waals surface area contributed by atoms with Crippen LogP contribution in [0.2, 0.25) is 0 Å². The fourth-order valence-corrected chi connectivity index (χ4v) is 5.66. The van der Waals surface area contributed by atoms with Crippen LogP contribution in [0.4, 0.5) is 0 Å². The van der Waals surface area contributed by atoms with Crippen LogP contribution in [0, 0.1) is 0 Å². The van der Waals surface area contributed by atoms with E-state index in [9.17, 15) is 9.59 Å². The molecule has 0 aliphatic heterocycles. The lowest BCUT2D eigenvalue weighted by atomic mass is 10.1. The zero-order chi connectivity index (χ0) is 31.5. The zero-order valence-electron chi connectivity index (χ0n) is 28.2. The minimum atomic E-state index is -0.159. The molecule has 0 bridgehead atoms. The monoisotopic (exact) mass is 606 g/mol. The molecule has 0 saturated heterocycles. The first-order valence-corrected chi connectivity index (χ1v) is 18.2. The Morgan fingerprint density at radius 2 is 0.636 bits per heavy atom. The van der Waals surface area contributed by atoms with Crippen molar-refractivity contribution in [2.75, 3.05) is 0 Å². The van der Waals surface area contributed by atoms with Crippen LogP contribution in [-0.4, -0.2) is 11.9 Å². The molecule has 0 aliphatic rings. The summed E-state index contributed by atoms with van der Waals surface area (Å²) < 4.78 is 11.1. The predicted octanol–water partition coefficient (Wildman–Crippen LogP) is 12.6. The first-order chi connectivity index (χ1) is 21.6. The molecule has 0 atom stereocenters. The normalized spacial score (nSPS) is 11.0. The zero-order valence-corrected chi connectivity index (χ0v) is 28.2. The van der Waals surface area contributed by atoms with Gasteiger partial charge in [-0.2, -0.15) is 0 Å². The lowest BCUT2D eigenvalue weighted by Gasteiger charge is -2.08. The third-order valence-electron chi connectivity index (χ3n) is 8.47. The van der Waals surface area contributed by atoms with E-state index in [2.05, 4.69) is 13.8 Å². The molecule has 2 rings (SSSR count). The number of unbranched alkanes of at least 4 members (excludes halogenated alkanes) is 20. The highest BCUT2D eigenvalue weighted by Crippen LogP contribution is 2.25. The van der Waals surface area contributed by atoms with Crippen LogP contribution in [0.15, 0.2) is 48.5 Å². The van der Waals surface area contributed by atoms with Crippen LogP contribution in [0.25, 0.3) is 11.1 Å². The van der Waals surface area contributed by atoms with E-state index in [-0.39, 0.29) is 11.9 Å². The maximum atomic E-state index is 12.3. The van der Waals surface area contributed by atoms with Gasteiger partial charge in [0.25, 0.3) is 0 Å². The largest absolute Gasteiger partial charge is 0.427 e. The minimum Gasteiger partial charge on any atom is -0.427 e. The van der Waals surface area contributed by atoms with Crippen molar-refractivity contribution in [1.29, 1.82) is 0 Å². The van der Waals surface area contributed by atoms with E-state index < -0.39 is 0 Å². The van der Waals surface area contributed by atoms with Crippen LogP contribution >= 0.6 is 0 Å². The highest BCUT2D eigenvalue weighted by atomic mass is 16.5. The molecule has 246 valence electrons. The van der Waals surface area contributed by atoms with Gasteiger partial charge in [-0.05, 0) is 48.2 Å². The van der Waals surface area contributed by atoms with Gasteiger partial charge in [-0.25, -0.2) is 0 Å². The minimum absolute atomic E-state index is 0.159. The van der Waals surface area contributed by atoms with E-state index in [1.807, 2.05) is 48.5 Å². The van der Waals surface area contributed by atoms with Crippen LogP contribution in [-0.2, 0) is 9.59 Å². The molecule has 0 radical (unpaired) electrons. The van der Waals surface area contributed by atoms with Gasteiger partial charge in [-0.1, -0.05) is 167 Å². The van der Waals surface area contributed by atoms with Gasteiger partial charge in [-0.3, -0.25) is 9.59 Å². The van der Waals surface area contributed by atoms with Crippen molar-refractivity contribution in [1.82, 2.24) is 0 Å². The van der Waals surface area contributed by atoms with Crippen LogP contribution in [0.3, 0.4) is 0 Å². The number of benzene rings is 2. The van der Waals surface area contributed by atoms with Gasteiger partial charge in [0.15, 0.2) is 0 Å². The molecule has 0 spiro atoms. The van der Waals surface area contributed by atoms with Crippen molar-refractivity contribution in [2.45, 2.75) is 168 Å². The lowest BCUT2D eigenvalue weighted by Crippen LogP contribution is -2.07. The Bertz CT molecular complexity index is 898. The van der Waals surface area contributed by atoms with Crippen molar-refractivity contribution < 1.29 is 19.1 Å². The van der Waals surface area contributed by atoms with E-state index in [4.69, 9.17) is 9.47 Å². The van der Waals surface area contributed by atoms with Crippen LogP contribution < -0.4 is 9.47 Å². The summed E-state index contributed by atoms with van der Waals surface area (Å²) in [5.74, 6) is 0.839. The third kappa shape index (κ3) is 18.9. The summed E-state index contributed by atoms with van der Waals surface area (Å²) >= 11 is 0.